The van der Waals surface area contributed by atoms with Gasteiger partial charge in [-0.15, -0.1) is 0 Å². The van der Waals surface area contributed by atoms with Gasteiger partial charge >= 0.3 is 13.6 Å². The Hall–Kier alpha value is -0.750. The highest BCUT2D eigenvalue weighted by Crippen LogP contribution is 2.32. The maximum Gasteiger partial charge on any atom is 0.339 e. The number of rotatable bonds is 5. The second-order valence-corrected chi connectivity index (χ2v) is 4.05. The van der Waals surface area contributed by atoms with E-state index in [0.29, 0.717) is 0 Å². The van der Waals surface area contributed by atoms with E-state index in [1.807, 2.05) is 5.32 Å². The summed E-state index contributed by atoms with van der Waals surface area (Å²) in [5.41, 5.74) is 0. The summed E-state index contributed by atoms with van der Waals surface area (Å²) >= 11 is 0. The third-order valence-corrected chi connectivity index (χ3v) is 1.75. The molecule has 0 bridgehead atoms. The fraction of sp³-hybridized carbons (Fsp3) is 0.600. The van der Waals surface area contributed by atoms with Crippen molar-refractivity contribution in [3.05, 3.63) is 0 Å². The minimum absolute atomic E-state index is 0.707. The first-order valence-electron chi connectivity index (χ1n) is 3.25. The van der Waals surface area contributed by atoms with Crippen LogP contribution in [0.5, 0.6) is 0 Å². The molecule has 0 aliphatic rings. The van der Waals surface area contributed by atoms with Gasteiger partial charge in [-0.25, -0.2) is 0 Å². The monoisotopic (exact) mass is 211 g/mol. The zero-order chi connectivity index (χ0) is 10.6. The predicted octanol–water partition coefficient (Wildman–Crippen LogP) is -1.25. The second-order valence-electron chi connectivity index (χ2n) is 2.41. The van der Waals surface area contributed by atoms with Gasteiger partial charge in [-0.1, -0.05) is 0 Å². The third kappa shape index (κ3) is 5.48. The third-order valence-electron chi connectivity index (χ3n) is 1.15. The molecule has 1 atom stereocenters. The summed E-state index contributed by atoms with van der Waals surface area (Å²) in [4.78, 5) is 37.7. The Morgan fingerprint density at radius 2 is 1.92 bits per heavy atom. The lowest BCUT2D eigenvalue weighted by atomic mass is 10.2. The van der Waals surface area contributed by atoms with E-state index in [0.717, 1.165) is 6.92 Å². The molecule has 4 N–H and O–H groups in total. The molecule has 0 fully saturated rings. The van der Waals surface area contributed by atoms with E-state index in [9.17, 15) is 14.2 Å². The molecule has 0 radical (unpaired) electrons. The van der Waals surface area contributed by atoms with Gasteiger partial charge in [-0.2, -0.15) is 0 Å². The van der Waals surface area contributed by atoms with Crippen LogP contribution in [0.1, 0.15) is 6.92 Å². The average Bonchev–Trinajstić information content (AvgIpc) is 1.82. The number of hydrogen-bond acceptors (Lipinski definition) is 4. The molecule has 7 nitrogen and oxygen atoms in total. The molecule has 0 aromatic rings. The van der Waals surface area contributed by atoms with E-state index in [2.05, 4.69) is 0 Å². The molecular formula is C5H10NO6P. The Kier molecular flexibility index (Phi) is 4.22. The van der Waals surface area contributed by atoms with E-state index in [4.69, 9.17) is 14.9 Å². The Bertz CT molecular complexity index is 244. The number of carbonyl (C=O) groups excluding carboxylic acids is 1. The van der Waals surface area contributed by atoms with Gasteiger partial charge in [0.05, 0.1) is 6.29 Å². The molecule has 76 valence electrons. The van der Waals surface area contributed by atoms with Crippen molar-refractivity contribution in [3.63, 3.8) is 0 Å². The van der Waals surface area contributed by atoms with Crippen LogP contribution in [0.3, 0.4) is 0 Å². The number of aliphatic carboxylic acids is 1. The van der Waals surface area contributed by atoms with E-state index >= 15 is 0 Å². The summed E-state index contributed by atoms with van der Waals surface area (Å²) in [6, 6.07) is -1.56. The van der Waals surface area contributed by atoms with E-state index in [1.165, 1.54) is 0 Å². The summed E-state index contributed by atoms with van der Waals surface area (Å²) in [6.45, 7) is 1.02. The molecule has 0 spiro atoms. The van der Waals surface area contributed by atoms with Crippen LogP contribution in [0.25, 0.3) is 0 Å². The Morgan fingerprint density at radius 1 is 1.46 bits per heavy atom. The van der Waals surface area contributed by atoms with Crippen molar-refractivity contribution in [2.45, 2.75) is 13.0 Å². The van der Waals surface area contributed by atoms with Crippen LogP contribution in [-0.4, -0.2) is 39.0 Å². The first kappa shape index (κ1) is 12.2. The van der Waals surface area contributed by atoms with Crippen molar-refractivity contribution in [2.24, 2.45) is 0 Å². The number of Topliss-reactive ketones (excluding diaryl/α,β-unsaturated/α-hetero) is 1. The first-order valence-corrected chi connectivity index (χ1v) is 5.05. The average molecular weight is 211 g/mol. The van der Waals surface area contributed by atoms with Gasteiger partial charge in [0.1, 0.15) is 0 Å². The Labute approximate surface area is 73.9 Å². The molecule has 0 saturated carbocycles. The predicted molar refractivity (Wildman–Crippen MR) is 42.2 cm³/mol. The lowest BCUT2D eigenvalue weighted by molar-refractivity contribution is -0.142. The van der Waals surface area contributed by atoms with E-state index < -0.39 is 31.7 Å². The van der Waals surface area contributed by atoms with E-state index in [1.54, 1.807) is 0 Å². The van der Waals surface area contributed by atoms with Gasteiger partial charge < -0.3 is 14.9 Å². The maximum atomic E-state index is 10.6. The molecule has 13 heavy (non-hydrogen) atoms. The highest BCUT2D eigenvalue weighted by Gasteiger charge is 2.25. The molecule has 0 saturated heterocycles. The SMILES string of the molecule is CC(=O)C(NCP(=O)(O)O)C(=O)O. The van der Waals surface area contributed by atoms with Gasteiger partial charge in [0.15, 0.2) is 11.8 Å². The van der Waals surface area contributed by atoms with Gasteiger partial charge in [-0.3, -0.25) is 19.5 Å². The highest BCUT2D eigenvalue weighted by atomic mass is 31.2. The van der Waals surface area contributed by atoms with Crippen LogP contribution in [0.4, 0.5) is 0 Å². The number of ketones is 1. The fourth-order valence-corrected chi connectivity index (χ4v) is 1.04. The number of nitrogens with one attached hydrogen (secondary N) is 1. The van der Waals surface area contributed by atoms with Crippen LogP contribution in [0.15, 0.2) is 0 Å². The molecule has 8 heteroatoms. The highest BCUT2D eigenvalue weighted by molar-refractivity contribution is 7.51. The zero-order valence-electron chi connectivity index (χ0n) is 6.80. The topological polar surface area (TPSA) is 124 Å². The van der Waals surface area contributed by atoms with Gasteiger partial charge in [0.25, 0.3) is 0 Å². The molecule has 0 aromatic heterocycles. The Morgan fingerprint density at radius 3 is 2.15 bits per heavy atom. The minimum atomic E-state index is -4.33. The normalized spacial score (nSPS) is 13.8. The lowest BCUT2D eigenvalue weighted by Gasteiger charge is -2.11. The van der Waals surface area contributed by atoms with Crippen molar-refractivity contribution in [1.29, 1.82) is 0 Å². The van der Waals surface area contributed by atoms with Crippen molar-refractivity contribution >= 4 is 19.3 Å². The van der Waals surface area contributed by atoms with Crippen LogP contribution < -0.4 is 5.32 Å². The molecule has 0 aromatic carbocycles. The largest absolute Gasteiger partial charge is 0.480 e. The van der Waals surface area contributed by atoms with Crippen molar-refractivity contribution in [1.82, 2.24) is 5.32 Å². The number of carbonyl (C=O) groups is 2. The van der Waals surface area contributed by atoms with Crippen molar-refractivity contribution in [3.8, 4) is 0 Å². The van der Waals surface area contributed by atoms with Gasteiger partial charge in [0.2, 0.25) is 0 Å². The smallest absolute Gasteiger partial charge is 0.339 e. The van der Waals surface area contributed by atoms with E-state index in [-0.39, 0.29) is 0 Å². The van der Waals surface area contributed by atoms with Crippen LogP contribution in [0, 0.1) is 0 Å². The molecule has 0 amide bonds. The summed E-state index contributed by atoms with van der Waals surface area (Å²) in [6.07, 6.45) is -0.830. The molecule has 0 rings (SSSR count). The first-order chi connectivity index (χ1) is 5.74. The van der Waals surface area contributed by atoms with Crippen LogP contribution in [0.2, 0.25) is 0 Å². The van der Waals surface area contributed by atoms with Gasteiger partial charge in [-0.05, 0) is 6.92 Å². The van der Waals surface area contributed by atoms with Crippen LogP contribution >= 0.6 is 7.60 Å². The summed E-state index contributed by atoms with van der Waals surface area (Å²) in [7, 11) is -4.33. The summed E-state index contributed by atoms with van der Waals surface area (Å²) in [5.74, 6) is -2.16. The molecule has 0 heterocycles. The molecule has 0 aliphatic carbocycles. The molecular weight excluding hydrogens is 201 g/mol. The number of hydrogen-bond donors (Lipinski definition) is 4. The number of carboxylic acid groups (broad SMARTS) is 1. The van der Waals surface area contributed by atoms with Crippen molar-refractivity contribution < 1.29 is 29.0 Å². The fourth-order valence-electron chi connectivity index (χ4n) is 0.615. The second kappa shape index (κ2) is 4.48. The van der Waals surface area contributed by atoms with Crippen LogP contribution in [-0.2, 0) is 14.2 Å². The number of carboxylic acids is 1. The van der Waals surface area contributed by atoms with Crippen molar-refractivity contribution in [2.75, 3.05) is 6.29 Å². The molecule has 0 aliphatic heterocycles. The maximum absolute atomic E-state index is 10.6. The minimum Gasteiger partial charge on any atom is -0.480 e. The zero-order valence-corrected chi connectivity index (χ0v) is 7.69. The standard InChI is InChI=1S/C5H10NO6P/c1-3(7)4(5(8)9)6-2-13(10,11)12/h4,6H,2H2,1H3,(H,8,9)(H2,10,11,12). The lowest BCUT2D eigenvalue weighted by Crippen LogP contribution is -2.42. The summed E-state index contributed by atoms with van der Waals surface area (Å²) < 4.78 is 10.3. The quantitative estimate of drug-likeness (QED) is 0.331. The molecule has 1 unspecified atom stereocenters. The Balaban J connectivity index is 4.22. The summed E-state index contributed by atoms with van der Waals surface area (Å²) in [5, 5.41) is 10.4. The van der Waals surface area contributed by atoms with Gasteiger partial charge in [0, 0.05) is 0 Å².